The third-order valence-corrected chi connectivity index (χ3v) is 2.67. The van der Waals surface area contributed by atoms with Gasteiger partial charge in [-0.25, -0.2) is 8.78 Å². The van der Waals surface area contributed by atoms with Gasteiger partial charge in [0.15, 0.2) is 0 Å². The van der Waals surface area contributed by atoms with Gasteiger partial charge in [0.1, 0.15) is 18.2 Å². The molecular formula is C12H10F2N2O3. The minimum atomic E-state index is -1.10. The molecule has 0 aromatic heterocycles. The van der Waals surface area contributed by atoms with Crippen molar-refractivity contribution >= 4 is 23.3 Å². The van der Waals surface area contributed by atoms with Crippen LogP contribution in [0.3, 0.4) is 0 Å². The van der Waals surface area contributed by atoms with Crippen molar-refractivity contribution in [3.8, 4) is 0 Å². The van der Waals surface area contributed by atoms with Crippen LogP contribution in [0.5, 0.6) is 0 Å². The lowest BCUT2D eigenvalue weighted by molar-refractivity contribution is -0.122. The van der Waals surface area contributed by atoms with Crippen LogP contribution in [0.15, 0.2) is 12.1 Å². The lowest BCUT2D eigenvalue weighted by atomic mass is 10.1. The zero-order valence-corrected chi connectivity index (χ0v) is 10.00. The molecule has 0 spiro atoms. The highest BCUT2D eigenvalue weighted by Crippen LogP contribution is 2.31. The Hall–Kier alpha value is -2.31. The summed E-state index contributed by atoms with van der Waals surface area (Å²) in [6, 6.07) is 1.39. The molecule has 0 atom stereocenters. The molecule has 0 bridgehead atoms. The Kier molecular flexibility index (Phi) is 3.28. The molecular weight excluding hydrogens is 258 g/mol. The maximum atomic E-state index is 13.5. The van der Waals surface area contributed by atoms with Gasteiger partial charge in [0.2, 0.25) is 5.91 Å². The number of nitrogens with one attached hydrogen (secondary N) is 1. The molecule has 7 heteroatoms. The van der Waals surface area contributed by atoms with E-state index in [-0.39, 0.29) is 5.69 Å². The van der Waals surface area contributed by atoms with Gasteiger partial charge in [-0.2, -0.15) is 0 Å². The Morgan fingerprint density at radius 2 is 2.00 bits per heavy atom. The molecule has 5 nitrogen and oxygen atoms in total. The summed E-state index contributed by atoms with van der Waals surface area (Å²) in [4.78, 5) is 35.5. The number of carbonyl (C=O) groups excluding carboxylic acids is 3. The van der Waals surface area contributed by atoms with Crippen LogP contribution >= 0.6 is 0 Å². The lowest BCUT2D eigenvalue weighted by Crippen LogP contribution is -2.40. The summed E-state index contributed by atoms with van der Waals surface area (Å²) >= 11 is 0. The van der Waals surface area contributed by atoms with Gasteiger partial charge in [0.05, 0.1) is 11.3 Å². The average Bonchev–Trinajstić information content (AvgIpc) is 2.54. The van der Waals surface area contributed by atoms with E-state index in [0.717, 1.165) is 11.0 Å². The van der Waals surface area contributed by atoms with Gasteiger partial charge in [0, 0.05) is 12.6 Å². The number of ketones is 1. The number of amides is 2. The van der Waals surface area contributed by atoms with E-state index in [1.54, 1.807) is 6.92 Å². The minimum absolute atomic E-state index is 0.209. The van der Waals surface area contributed by atoms with E-state index in [1.165, 1.54) is 0 Å². The number of Topliss-reactive ketones (excluding diaryl/α,β-unsaturated/α-hetero) is 1. The highest BCUT2D eigenvalue weighted by Gasteiger charge is 2.39. The Labute approximate surface area is 107 Å². The quantitative estimate of drug-likeness (QED) is 0.818. The highest BCUT2D eigenvalue weighted by molar-refractivity contribution is 6.52. The van der Waals surface area contributed by atoms with Crippen LogP contribution in [0.1, 0.15) is 17.3 Å². The summed E-state index contributed by atoms with van der Waals surface area (Å²) in [6.07, 6.45) is 0. The molecule has 1 heterocycles. The third kappa shape index (κ3) is 2.18. The van der Waals surface area contributed by atoms with Crippen LogP contribution in [-0.2, 0) is 9.59 Å². The standard InChI is InChI=1S/C12H10F2N2O3/c1-2-15-9(17)5-16-8-4-6(13)3-7(14)10(8)11(18)12(16)19/h3-4H,2,5H2,1H3,(H,15,17). The zero-order chi connectivity index (χ0) is 14.2. The maximum Gasteiger partial charge on any atom is 0.300 e. The lowest BCUT2D eigenvalue weighted by Gasteiger charge is -2.15. The van der Waals surface area contributed by atoms with Crippen molar-refractivity contribution < 1.29 is 23.2 Å². The van der Waals surface area contributed by atoms with Gasteiger partial charge in [0.25, 0.3) is 11.7 Å². The van der Waals surface area contributed by atoms with Gasteiger partial charge in [-0.3, -0.25) is 19.3 Å². The van der Waals surface area contributed by atoms with Crippen LogP contribution in [0.2, 0.25) is 0 Å². The summed E-state index contributed by atoms with van der Waals surface area (Å²) in [7, 11) is 0. The van der Waals surface area contributed by atoms with Crippen LogP contribution in [-0.4, -0.2) is 30.7 Å². The summed E-state index contributed by atoms with van der Waals surface area (Å²) in [5.74, 6) is -4.64. The van der Waals surface area contributed by atoms with Crippen molar-refractivity contribution in [1.29, 1.82) is 0 Å². The van der Waals surface area contributed by atoms with Crippen LogP contribution < -0.4 is 10.2 Å². The van der Waals surface area contributed by atoms with Gasteiger partial charge >= 0.3 is 0 Å². The molecule has 2 rings (SSSR count). The topological polar surface area (TPSA) is 66.5 Å². The van der Waals surface area contributed by atoms with Crippen molar-refractivity contribution in [2.24, 2.45) is 0 Å². The first-order valence-corrected chi connectivity index (χ1v) is 5.57. The van der Waals surface area contributed by atoms with Crippen molar-refractivity contribution in [3.05, 3.63) is 29.3 Å². The van der Waals surface area contributed by atoms with Crippen LogP contribution in [0.4, 0.5) is 14.5 Å². The number of likely N-dealkylation sites (N-methyl/N-ethyl adjacent to an activating group) is 1. The van der Waals surface area contributed by atoms with Crippen molar-refractivity contribution in [2.45, 2.75) is 6.92 Å². The molecule has 0 radical (unpaired) electrons. The van der Waals surface area contributed by atoms with E-state index in [0.29, 0.717) is 12.6 Å². The van der Waals surface area contributed by atoms with Gasteiger partial charge < -0.3 is 5.32 Å². The Balaban J connectivity index is 2.41. The number of anilines is 1. The van der Waals surface area contributed by atoms with Gasteiger partial charge in [-0.1, -0.05) is 0 Å². The SMILES string of the molecule is CCNC(=O)CN1C(=O)C(=O)c2c(F)cc(F)cc21. The second-order valence-electron chi connectivity index (χ2n) is 3.96. The van der Waals surface area contributed by atoms with E-state index in [9.17, 15) is 23.2 Å². The van der Waals surface area contributed by atoms with E-state index in [4.69, 9.17) is 0 Å². The molecule has 19 heavy (non-hydrogen) atoms. The number of benzene rings is 1. The highest BCUT2D eigenvalue weighted by atomic mass is 19.1. The number of hydrogen-bond donors (Lipinski definition) is 1. The molecule has 0 aliphatic carbocycles. The average molecular weight is 268 g/mol. The summed E-state index contributed by atoms with van der Waals surface area (Å²) < 4.78 is 26.6. The minimum Gasteiger partial charge on any atom is -0.355 e. The number of carbonyl (C=O) groups is 3. The summed E-state index contributed by atoms with van der Waals surface area (Å²) in [5, 5.41) is 2.44. The number of hydrogen-bond acceptors (Lipinski definition) is 3. The van der Waals surface area contributed by atoms with E-state index in [1.807, 2.05) is 0 Å². The molecule has 0 fully saturated rings. The predicted octanol–water partition coefficient (Wildman–Crippen LogP) is 0.630. The fraction of sp³-hybridized carbons (Fsp3) is 0.250. The first-order valence-electron chi connectivity index (χ1n) is 5.57. The summed E-state index contributed by atoms with van der Waals surface area (Å²) in [6.45, 7) is 1.58. The van der Waals surface area contributed by atoms with E-state index in [2.05, 4.69) is 5.32 Å². The number of nitrogens with zero attached hydrogens (tertiary/aromatic N) is 1. The second-order valence-corrected chi connectivity index (χ2v) is 3.96. The Morgan fingerprint density at radius 1 is 1.32 bits per heavy atom. The molecule has 1 aromatic carbocycles. The molecule has 100 valence electrons. The van der Waals surface area contributed by atoms with Crippen molar-refractivity contribution in [1.82, 2.24) is 5.32 Å². The third-order valence-electron chi connectivity index (χ3n) is 2.67. The number of fused-ring (bicyclic) bond motifs is 1. The molecule has 0 unspecified atom stereocenters. The molecule has 0 saturated carbocycles. The first kappa shape index (κ1) is 13.1. The zero-order valence-electron chi connectivity index (χ0n) is 10.00. The molecule has 1 N–H and O–H groups in total. The van der Waals surface area contributed by atoms with Crippen LogP contribution in [0, 0.1) is 11.6 Å². The van der Waals surface area contributed by atoms with E-state index >= 15 is 0 Å². The fourth-order valence-corrected chi connectivity index (χ4v) is 1.89. The van der Waals surface area contributed by atoms with Gasteiger partial charge in [-0.05, 0) is 13.0 Å². The first-order chi connectivity index (χ1) is 8.95. The smallest absolute Gasteiger partial charge is 0.300 e. The normalized spacial score (nSPS) is 13.7. The predicted molar refractivity (Wildman–Crippen MR) is 61.7 cm³/mol. The molecule has 0 saturated heterocycles. The van der Waals surface area contributed by atoms with Crippen molar-refractivity contribution in [3.63, 3.8) is 0 Å². The van der Waals surface area contributed by atoms with E-state index < -0.39 is 41.3 Å². The fourth-order valence-electron chi connectivity index (χ4n) is 1.89. The Morgan fingerprint density at radius 3 is 2.63 bits per heavy atom. The largest absolute Gasteiger partial charge is 0.355 e. The second kappa shape index (κ2) is 4.75. The monoisotopic (exact) mass is 268 g/mol. The van der Waals surface area contributed by atoms with Gasteiger partial charge in [-0.15, -0.1) is 0 Å². The maximum absolute atomic E-state index is 13.5. The van der Waals surface area contributed by atoms with Crippen LogP contribution in [0.25, 0.3) is 0 Å². The van der Waals surface area contributed by atoms with Crippen molar-refractivity contribution in [2.75, 3.05) is 18.0 Å². The molecule has 1 aliphatic rings. The molecule has 1 aromatic rings. The molecule has 1 aliphatic heterocycles. The number of rotatable bonds is 3. The summed E-state index contributed by atoms with van der Waals surface area (Å²) in [5.41, 5.74) is -0.700. The Bertz CT molecular complexity index is 587. The number of halogens is 2. The molecule has 2 amide bonds.